The molecule has 2 fully saturated rings. The zero-order valence-electron chi connectivity index (χ0n) is 15.9. The average molecular weight is 409 g/mol. The van der Waals surface area contributed by atoms with Crippen molar-refractivity contribution in [2.45, 2.75) is 30.1 Å². The molecule has 0 aliphatic carbocycles. The van der Waals surface area contributed by atoms with E-state index in [1.807, 2.05) is 30.3 Å². The van der Waals surface area contributed by atoms with Crippen LogP contribution in [0.3, 0.4) is 0 Å². The number of hydrogen-bond donors (Lipinski definition) is 5. The van der Waals surface area contributed by atoms with Crippen molar-refractivity contribution < 1.29 is 4.79 Å². The summed E-state index contributed by atoms with van der Waals surface area (Å²) in [6, 6.07) is 20.8. The standard InChI is InChI=1S/C21H24N6OS/c22-12-18-17(9-14-5-2-1-3-6-14)11-19(28)23-21(18)29-13-15-7-4-8-16(10-15)20-24-26-27-25-20/h1-8,10,17-18,20-21,24-27H,9,11,13H2,(H,23,28). The fourth-order valence-electron chi connectivity index (χ4n) is 3.82. The van der Waals surface area contributed by atoms with Gasteiger partial charge in [-0.05, 0) is 29.0 Å². The van der Waals surface area contributed by atoms with Gasteiger partial charge >= 0.3 is 0 Å². The molecule has 29 heavy (non-hydrogen) atoms. The molecule has 7 nitrogen and oxygen atoms in total. The summed E-state index contributed by atoms with van der Waals surface area (Å²) < 4.78 is 0. The van der Waals surface area contributed by atoms with Crippen molar-refractivity contribution in [1.82, 2.24) is 27.2 Å². The molecule has 2 aliphatic heterocycles. The van der Waals surface area contributed by atoms with Crippen molar-refractivity contribution in [1.29, 1.82) is 5.26 Å². The zero-order valence-corrected chi connectivity index (χ0v) is 16.7. The Morgan fingerprint density at radius 2 is 1.79 bits per heavy atom. The number of carbonyl (C=O) groups excluding carboxylic acids is 1. The number of hydrogen-bond acceptors (Lipinski definition) is 7. The molecule has 2 aromatic rings. The second kappa shape index (κ2) is 9.39. The van der Waals surface area contributed by atoms with Gasteiger partial charge in [0, 0.05) is 12.2 Å². The lowest BCUT2D eigenvalue weighted by Gasteiger charge is -2.34. The van der Waals surface area contributed by atoms with Gasteiger partial charge in [0.25, 0.3) is 0 Å². The number of hydrazine groups is 3. The number of rotatable bonds is 6. The summed E-state index contributed by atoms with van der Waals surface area (Å²) in [6.07, 6.45) is 1.13. The third kappa shape index (κ3) is 4.96. The maximum atomic E-state index is 12.3. The van der Waals surface area contributed by atoms with E-state index in [2.05, 4.69) is 57.6 Å². The number of nitrogens with zero attached hydrogens (tertiary/aromatic N) is 1. The van der Waals surface area contributed by atoms with Gasteiger partial charge in [-0.25, -0.2) is 10.9 Å². The van der Waals surface area contributed by atoms with Gasteiger partial charge in [-0.2, -0.15) is 16.3 Å². The molecule has 2 saturated heterocycles. The van der Waals surface area contributed by atoms with E-state index < -0.39 is 0 Å². The maximum absolute atomic E-state index is 12.3. The average Bonchev–Trinajstić information content (AvgIpc) is 3.28. The van der Waals surface area contributed by atoms with Crippen LogP contribution < -0.4 is 27.2 Å². The van der Waals surface area contributed by atoms with Gasteiger partial charge < -0.3 is 5.32 Å². The highest BCUT2D eigenvalue weighted by Crippen LogP contribution is 2.34. The van der Waals surface area contributed by atoms with Crippen LogP contribution in [0.2, 0.25) is 0 Å². The lowest BCUT2D eigenvalue weighted by molar-refractivity contribution is -0.124. The third-order valence-corrected chi connectivity index (χ3v) is 6.55. The molecule has 8 heteroatoms. The van der Waals surface area contributed by atoms with Crippen LogP contribution >= 0.6 is 11.8 Å². The lowest BCUT2D eigenvalue weighted by Crippen LogP contribution is -2.47. The Balaban J connectivity index is 1.42. The highest BCUT2D eigenvalue weighted by molar-refractivity contribution is 7.99. The van der Waals surface area contributed by atoms with E-state index in [4.69, 9.17) is 0 Å². The number of piperidine rings is 1. The van der Waals surface area contributed by atoms with E-state index in [-0.39, 0.29) is 29.3 Å². The molecule has 5 N–H and O–H groups in total. The van der Waals surface area contributed by atoms with E-state index in [0.29, 0.717) is 6.42 Å². The Hall–Kier alpha value is -2.41. The molecule has 2 aromatic carbocycles. The summed E-state index contributed by atoms with van der Waals surface area (Å²) in [5, 5.41) is 12.7. The quantitative estimate of drug-likeness (QED) is 0.498. The predicted octanol–water partition coefficient (Wildman–Crippen LogP) is 1.88. The molecule has 0 aromatic heterocycles. The summed E-state index contributed by atoms with van der Waals surface area (Å²) >= 11 is 1.63. The second-order valence-corrected chi connectivity index (χ2v) is 8.45. The molecule has 4 rings (SSSR count). The smallest absolute Gasteiger partial charge is 0.221 e. The lowest BCUT2D eigenvalue weighted by atomic mass is 9.82. The maximum Gasteiger partial charge on any atom is 0.221 e. The first-order chi connectivity index (χ1) is 14.2. The van der Waals surface area contributed by atoms with Crippen LogP contribution in [0.15, 0.2) is 54.6 Å². The first kappa shape index (κ1) is 19.9. The van der Waals surface area contributed by atoms with Crippen LogP contribution in [-0.2, 0) is 17.0 Å². The molecular formula is C21H24N6OS. The molecule has 2 heterocycles. The molecule has 150 valence electrons. The van der Waals surface area contributed by atoms with Crippen LogP contribution in [0.25, 0.3) is 0 Å². The molecule has 0 bridgehead atoms. The molecule has 2 aliphatic rings. The van der Waals surface area contributed by atoms with Gasteiger partial charge in [0.05, 0.1) is 17.4 Å². The van der Waals surface area contributed by atoms with Crippen LogP contribution in [0.5, 0.6) is 0 Å². The van der Waals surface area contributed by atoms with Crippen molar-refractivity contribution in [3.63, 3.8) is 0 Å². The van der Waals surface area contributed by atoms with Crippen LogP contribution in [0.1, 0.15) is 29.3 Å². The summed E-state index contributed by atoms with van der Waals surface area (Å²) in [4.78, 5) is 12.3. The summed E-state index contributed by atoms with van der Waals surface area (Å²) in [6.45, 7) is 0. The van der Waals surface area contributed by atoms with Gasteiger partial charge in [-0.3, -0.25) is 4.79 Å². The molecule has 0 saturated carbocycles. The molecule has 0 radical (unpaired) electrons. The zero-order chi connectivity index (χ0) is 20.1. The minimum atomic E-state index is -0.215. The number of thioether (sulfide) groups is 1. The van der Waals surface area contributed by atoms with Crippen molar-refractivity contribution in [2.75, 3.05) is 0 Å². The van der Waals surface area contributed by atoms with E-state index in [1.165, 1.54) is 5.56 Å². The van der Waals surface area contributed by atoms with E-state index in [1.54, 1.807) is 11.8 Å². The van der Waals surface area contributed by atoms with Gasteiger partial charge in [-0.1, -0.05) is 54.6 Å². The number of carbonyl (C=O) groups is 1. The fraction of sp³-hybridized carbons (Fsp3) is 0.333. The Bertz CT molecular complexity index is 880. The van der Waals surface area contributed by atoms with Crippen LogP contribution in [0.4, 0.5) is 0 Å². The summed E-state index contributed by atoms with van der Waals surface area (Å²) in [7, 11) is 0. The van der Waals surface area contributed by atoms with E-state index in [9.17, 15) is 10.1 Å². The first-order valence-electron chi connectivity index (χ1n) is 9.67. The molecule has 1 amide bonds. The van der Waals surface area contributed by atoms with Crippen molar-refractivity contribution in [3.8, 4) is 6.07 Å². The van der Waals surface area contributed by atoms with Gasteiger partial charge in [-0.15, -0.1) is 11.8 Å². The minimum absolute atomic E-state index is 0.0172. The molecule has 3 atom stereocenters. The molecule has 3 unspecified atom stereocenters. The number of benzene rings is 2. The van der Waals surface area contributed by atoms with Crippen molar-refractivity contribution in [2.24, 2.45) is 11.8 Å². The number of nitrogens with one attached hydrogen (secondary N) is 5. The van der Waals surface area contributed by atoms with E-state index >= 15 is 0 Å². The third-order valence-electron chi connectivity index (χ3n) is 5.28. The van der Waals surface area contributed by atoms with Crippen molar-refractivity contribution in [3.05, 3.63) is 71.3 Å². The monoisotopic (exact) mass is 408 g/mol. The van der Waals surface area contributed by atoms with Gasteiger partial charge in [0.2, 0.25) is 5.91 Å². The fourth-order valence-corrected chi connectivity index (χ4v) is 5.08. The molecule has 0 spiro atoms. The number of amides is 1. The number of nitriles is 1. The normalized spacial score (nSPS) is 24.8. The van der Waals surface area contributed by atoms with Crippen molar-refractivity contribution >= 4 is 17.7 Å². The van der Waals surface area contributed by atoms with Gasteiger partial charge in [0.15, 0.2) is 0 Å². The Kier molecular flexibility index (Phi) is 6.44. The van der Waals surface area contributed by atoms with E-state index in [0.717, 1.165) is 23.3 Å². The summed E-state index contributed by atoms with van der Waals surface area (Å²) in [5.41, 5.74) is 15.2. The molecular weight excluding hydrogens is 384 g/mol. The van der Waals surface area contributed by atoms with Crippen LogP contribution in [0, 0.1) is 23.2 Å². The topological polar surface area (TPSA) is 101 Å². The Morgan fingerprint density at radius 3 is 2.55 bits per heavy atom. The highest BCUT2D eigenvalue weighted by atomic mass is 32.2. The SMILES string of the molecule is N#CC1C(Cc2ccccc2)CC(=O)NC1SCc1cccc(C2NNNN2)c1. The largest absolute Gasteiger partial charge is 0.343 e. The summed E-state index contributed by atoms with van der Waals surface area (Å²) in [5.74, 6) is 0.569. The van der Waals surface area contributed by atoms with Gasteiger partial charge in [0.1, 0.15) is 6.17 Å². The Labute approximate surface area is 174 Å². The highest BCUT2D eigenvalue weighted by Gasteiger charge is 2.37. The predicted molar refractivity (Wildman–Crippen MR) is 112 cm³/mol. The Morgan fingerprint density at radius 1 is 1.03 bits per heavy atom. The minimum Gasteiger partial charge on any atom is -0.343 e. The van der Waals surface area contributed by atoms with Crippen LogP contribution in [-0.4, -0.2) is 11.3 Å². The second-order valence-electron chi connectivity index (χ2n) is 7.32. The first-order valence-corrected chi connectivity index (χ1v) is 10.7.